The van der Waals surface area contributed by atoms with Crippen LogP contribution in [0.25, 0.3) is 0 Å². The molecule has 0 saturated heterocycles. The Morgan fingerprint density at radius 3 is 2.50 bits per heavy atom. The Morgan fingerprint density at radius 1 is 1.50 bits per heavy atom. The molecule has 0 radical (unpaired) electrons. The highest BCUT2D eigenvalue weighted by atomic mass is 16.5. The van der Waals surface area contributed by atoms with Crippen molar-refractivity contribution in [3.8, 4) is 6.07 Å². The predicted molar refractivity (Wildman–Crippen MR) is 53.5 cm³/mol. The zero-order valence-electron chi connectivity index (χ0n) is 9.04. The zero-order chi connectivity index (χ0) is 11.0. The maximum Gasteiger partial charge on any atom is 0.237 e. The Bertz CT molecular complexity index is 211. The molecular weight excluding hydrogens is 180 g/mol. The minimum atomic E-state index is -0.541. The van der Waals surface area contributed by atoms with E-state index in [1.807, 2.05) is 19.9 Å². The monoisotopic (exact) mass is 198 g/mol. The number of hydrogen-bond acceptors (Lipinski definition) is 3. The first-order valence-corrected chi connectivity index (χ1v) is 4.88. The molecule has 0 fully saturated rings. The molecule has 4 heteroatoms. The molecule has 0 rings (SSSR count). The molecule has 0 aliphatic heterocycles. The summed E-state index contributed by atoms with van der Waals surface area (Å²) in [5.41, 5.74) is 0. The van der Waals surface area contributed by atoms with Crippen LogP contribution < -0.4 is 5.32 Å². The van der Waals surface area contributed by atoms with Crippen LogP contribution in [0.4, 0.5) is 0 Å². The van der Waals surface area contributed by atoms with E-state index in [2.05, 4.69) is 5.32 Å². The molecular formula is C10H18N2O2. The Kier molecular flexibility index (Phi) is 6.77. The van der Waals surface area contributed by atoms with Crippen molar-refractivity contribution in [3.63, 3.8) is 0 Å². The van der Waals surface area contributed by atoms with Crippen LogP contribution in [-0.2, 0) is 9.53 Å². The van der Waals surface area contributed by atoms with E-state index in [4.69, 9.17) is 10.00 Å². The molecule has 80 valence electrons. The lowest BCUT2D eigenvalue weighted by Gasteiger charge is -2.17. The number of hydrogen-bond donors (Lipinski definition) is 1. The highest BCUT2D eigenvalue weighted by Crippen LogP contribution is 2.02. The Labute approximate surface area is 85.2 Å². The smallest absolute Gasteiger partial charge is 0.237 e. The van der Waals surface area contributed by atoms with E-state index in [0.717, 1.165) is 6.42 Å². The van der Waals surface area contributed by atoms with Crippen LogP contribution in [0, 0.1) is 17.2 Å². The van der Waals surface area contributed by atoms with Crippen LogP contribution >= 0.6 is 0 Å². The third kappa shape index (κ3) is 4.24. The molecule has 2 unspecified atom stereocenters. The fourth-order valence-electron chi connectivity index (χ4n) is 1.10. The summed E-state index contributed by atoms with van der Waals surface area (Å²) in [6.07, 6.45) is 1.35. The second-order valence-corrected chi connectivity index (χ2v) is 3.16. The van der Waals surface area contributed by atoms with Crippen molar-refractivity contribution in [1.82, 2.24) is 5.32 Å². The van der Waals surface area contributed by atoms with Gasteiger partial charge in [0, 0.05) is 7.11 Å². The van der Waals surface area contributed by atoms with E-state index >= 15 is 0 Å². The quantitative estimate of drug-likeness (QED) is 0.694. The highest BCUT2D eigenvalue weighted by molar-refractivity contribution is 5.81. The molecule has 2 atom stereocenters. The van der Waals surface area contributed by atoms with Crippen molar-refractivity contribution < 1.29 is 9.53 Å². The zero-order valence-corrected chi connectivity index (χ0v) is 9.04. The summed E-state index contributed by atoms with van der Waals surface area (Å²) in [4.78, 5) is 11.5. The van der Waals surface area contributed by atoms with E-state index in [1.165, 1.54) is 0 Å². The van der Waals surface area contributed by atoms with Gasteiger partial charge in [0.15, 0.2) is 0 Å². The van der Waals surface area contributed by atoms with Gasteiger partial charge in [-0.2, -0.15) is 5.26 Å². The molecule has 0 aromatic carbocycles. The van der Waals surface area contributed by atoms with Gasteiger partial charge in [0.05, 0.1) is 18.7 Å². The van der Waals surface area contributed by atoms with Crippen molar-refractivity contribution in [3.05, 3.63) is 0 Å². The largest absolute Gasteiger partial charge is 0.383 e. The van der Waals surface area contributed by atoms with Gasteiger partial charge in [0.2, 0.25) is 5.91 Å². The van der Waals surface area contributed by atoms with Gasteiger partial charge < -0.3 is 10.1 Å². The van der Waals surface area contributed by atoms with Crippen LogP contribution in [0.15, 0.2) is 0 Å². The van der Waals surface area contributed by atoms with E-state index < -0.39 is 5.92 Å². The number of rotatable bonds is 6. The summed E-state index contributed by atoms with van der Waals surface area (Å²) in [6, 6.07) is 1.98. The molecule has 0 aliphatic rings. The van der Waals surface area contributed by atoms with Crippen molar-refractivity contribution in [2.45, 2.75) is 32.7 Å². The van der Waals surface area contributed by atoms with E-state index in [0.29, 0.717) is 13.0 Å². The summed E-state index contributed by atoms with van der Waals surface area (Å²) in [6.45, 7) is 4.28. The molecule has 0 aliphatic carbocycles. The number of carbonyl (C=O) groups excluding carboxylic acids is 1. The lowest BCUT2D eigenvalue weighted by Crippen LogP contribution is -2.40. The van der Waals surface area contributed by atoms with Gasteiger partial charge in [-0.25, -0.2) is 0 Å². The second kappa shape index (κ2) is 7.34. The summed E-state index contributed by atoms with van der Waals surface area (Å²) in [7, 11) is 1.59. The van der Waals surface area contributed by atoms with Gasteiger partial charge in [0.1, 0.15) is 5.92 Å². The normalized spacial score (nSPS) is 14.1. The second-order valence-electron chi connectivity index (χ2n) is 3.16. The Morgan fingerprint density at radius 2 is 2.14 bits per heavy atom. The minimum Gasteiger partial charge on any atom is -0.383 e. The van der Waals surface area contributed by atoms with Crippen LogP contribution in [0.5, 0.6) is 0 Å². The highest BCUT2D eigenvalue weighted by Gasteiger charge is 2.18. The average molecular weight is 198 g/mol. The average Bonchev–Trinajstić information content (AvgIpc) is 2.19. The minimum absolute atomic E-state index is 0.00917. The third-order valence-electron chi connectivity index (χ3n) is 2.09. The molecule has 0 saturated carbocycles. The molecule has 4 nitrogen and oxygen atoms in total. The first-order chi connectivity index (χ1) is 6.69. The number of ether oxygens (including phenoxy) is 1. The van der Waals surface area contributed by atoms with Crippen LogP contribution in [-0.4, -0.2) is 25.7 Å². The number of methoxy groups -OCH3 is 1. The van der Waals surface area contributed by atoms with Crippen molar-refractivity contribution in [2.75, 3.05) is 13.7 Å². The summed E-state index contributed by atoms with van der Waals surface area (Å²) < 4.78 is 4.95. The van der Waals surface area contributed by atoms with Gasteiger partial charge in [-0.3, -0.25) is 4.79 Å². The topological polar surface area (TPSA) is 62.1 Å². The number of carbonyl (C=O) groups is 1. The maximum absolute atomic E-state index is 11.5. The number of nitrogens with zero attached hydrogens (tertiary/aromatic N) is 1. The number of amides is 1. The van der Waals surface area contributed by atoms with E-state index in [-0.39, 0.29) is 11.9 Å². The number of nitrogens with one attached hydrogen (secondary N) is 1. The van der Waals surface area contributed by atoms with Crippen molar-refractivity contribution in [2.24, 2.45) is 5.92 Å². The van der Waals surface area contributed by atoms with E-state index in [1.54, 1.807) is 7.11 Å². The Balaban J connectivity index is 4.08. The van der Waals surface area contributed by atoms with Crippen molar-refractivity contribution in [1.29, 1.82) is 5.26 Å². The summed E-state index contributed by atoms with van der Waals surface area (Å²) in [5, 5.41) is 11.5. The molecule has 1 amide bonds. The van der Waals surface area contributed by atoms with Gasteiger partial charge in [0.25, 0.3) is 0 Å². The van der Waals surface area contributed by atoms with Gasteiger partial charge in [-0.15, -0.1) is 0 Å². The lowest BCUT2D eigenvalue weighted by molar-refractivity contribution is -0.124. The van der Waals surface area contributed by atoms with Crippen molar-refractivity contribution >= 4 is 5.91 Å². The molecule has 0 spiro atoms. The first kappa shape index (κ1) is 12.9. The molecule has 14 heavy (non-hydrogen) atoms. The Hall–Kier alpha value is -1.08. The SMILES string of the molecule is CCC(COC)NC(=O)C(C#N)CC. The molecule has 0 aromatic heterocycles. The number of nitriles is 1. The van der Waals surface area contributed by atoms with Crippen LogP contribution in [0.1, 0.15) is 26.7 Å². The fourth-order valence-corrected chi connectivity index (χ4v) is 1.10. The first-order valence-electron chi connectivity index (χ1n) is 4.88. The molecule has 1 N–H and O–H groups in total. The summed E-state index contributed by atoms with van der Waals surface area (Å²) in [5.74, 6) is -0.736. The molecule has 0 heterocycles. The van der Waals surface area contributed by atoms with Crippen LogP contribution in [0.3, 0.4) is 0 Å². The van der Waals surface area contributed by atoms with Gasteiger partial charge in [-0.1, -0.05) is 13.8 Å². The maximum atomic E-state index is 11.5. The van der Waals surface area contributed by atoms with Gasteiger partial charge in [-0.05, 0) is 12.8 Å². The fraction of sp³-hybridized carbons (Fsp3) is 0.800. The lowest BCUT2D eigenvalue weighted by atomic mass is 10.1. The van der Waals surface area contributed by atoms with E-state index in [9.17, 15) is 4.79 Å². The summed E-state index contributed by atoms with van der Waals surface area (Å²) >= 11 is 0. The molecule has 0 aromatic rings. The predicted octanol–water partition coefficient (Wildman–Crippen LogP) is 1.08. The standard InChI is InChI=1S/C10H18N2O2/c1-4-8(6-11)10(13)12-9(5-2)7-14-3/h8-9H,4-5,7H2,1-3H3,(H,12,13). The molecule has 0 bridgehead atoms. The van der Waals surface area contributed by atoms with Crippen LogP contribution in [0.2, 0.25) is 0 Å². The van der Waals surface area contributed by atoms with Gasteiger partial charge >= 0.3 is 0 Å². The third-order valence-corrected chi connectivity index (χ3v) is 2.09.